The molecule has 9 nitrogen and oxygen atoms in total. The Bertz CT molecular complexity index is 1100. The number of nitrogens with one attached hydrogen (secondary N) is 3. The molecule has 0 atom stereocenters. The monoisotopic (exact) mass is 422 g/mol. The summed E-state index contributed by atoms with van der Waals surface area (Å²) in [4.78, 5) is 38.0. The van der Waals surface area contributed by atoms with E-state index in [0.29, 0.717) is 34.7 Å². The molecule has 3 aromatic rings. The van der Waals surface area contributed by atoms with E-state index in [1.165, 1.54) is 12.3 Å². The van der Waals surface area contributed by atoms with E-state index in [1.807, 2.05) is 32.8 Å². The second kappa shape index (κ2) is 9.86. The molecule has 0 aliphatic heterocycles. The molecule has 0 fully saturated rings. The molecule has 2 heterocycles. The predicted octanol–water partition coefficient (Wildman–Crippen LogP) is 2.94. The number of hydrogen-bond donors (Lipinski definition) is 3. The molecule has 3 N–H and O–H groups in total. The summed E-state index contributed by atoms with van der Waals surface area (Å²) in [6.07, 6.45) is 6.32. The second-order valence-corrected chi connectivity index (χ2v) is 7.52. The molecule has 9 heteroatoms. The zero-order chi connectivity index (χ0) is 22.4. The lowest BCUT2D eigenvalue weighted by molar-refractivity contribution is -0.111. The smallest absolute Gasteiger partial charge is 0.255 e. The van der Waals surface area contributed by atoms with Crippen LogP contribution in [0, 0.1) is 0 Å². The Morgan fingerprint density at radius 2 is 2.10 bits per heavy atom. The van der Waals surface area contributed by atoms with Gasteiger partial charge in [-0.2, -0.15) is 0 Å². The lowest BCUT2D eigenvalue weighted by atomic mass is 10.2. The average molecular weight is 422 g/mol. The van der Waals surface area contributed by atoms with Gasteiger partial charge in [0.2, 0.25) is 11.8 Å². The molecule has 0 unspecified atom stereocenters. The lowest BCUT2D eigenvalue weighted by Crippen LogP contribution is -2.29. The van der Waals surface area contributed by atoms with Gasteiger partial charge in [-0.05, 0) is 40.1 Å². The molecule has 3 rings (SSSR count). The van der Waals surface area contributed by atoms with Gasteiger partial charge in [-0.15, -0.1) is 0 Å². The minimum absolute atomic E-state index is 0.000480. The predicted molar refractivity (Wildman–Crippen MR) is 119 cm³/mol. The number of fused-ring (bicyclic) bond motifs is 1. The molecule has 1 aromatic carbocycles. The van der Waals surface area contributed by atoms with Gasteiger partial charge < -0.3 is 25.3 Å². The number of aromatic nitrogens is 3. The summed E-state index contributed by atoms with van der Waals surface area (Å²) in [6, 6.07) is 6.96. The van der Waals surface area contributed by atoms with Crippen LogP contribution in [0.25, 0.3) is 11.2 Å². The number of aromatic amines is 1. The number of rotatable bonds is 8. The largest absolute Gasteiger partial charge is 0.437 e. The first-order valence-corrected chi connectivity index (χ1v) is 9.87. The maximum Gasteiger partial charge on any atom is 0.255 e. The van der Waals surface area contributed by atoms with Crippen molar-refractivity contribution in [3.63, 3.8) is 0 Å². The van der Waals surface area contributed by atoms with Crippen LogP contribution in [0.15, 0.2) is 48.8 Å². The van der Waals surface area contributed by atoms with Crippen molar-refractivity contribution < 1.29 is 14.3 Å². The third-order valence-corrected chi connectivity index (χ3v) is 4.09. The maximum atomic E-state index is 12.4. The van der Waals surface area contributed by atoms with Crippen LogP contribution < -0.4 is 15.4 Å². The van der Waals surface area contributed by atoms with Crippen molar-refractivity contribution in [3.8, 4) is 11.6 Å². The number of anilines is 1. The Kier molecular flexibility index (Phi) is 6.99. The van der Waals surface area contributed by atoms with E-state index in [9.17, 15) is 9.59 Å². The SMILES string of the molecule is CC(C)NC(=O)c1c[nH]c2ncc(Oc3cccc(NC(=O)/C=C/CN(C)C)c3)nc12. The van der Waals surface area contributed by atoms with Crippen LogP contribution in [0.4, 0.5) is 5.69 Å². The fourth-order valence-electron chi connectivity index (χ4n) is 2.75. The third-order valence-electron chi connectivity index (χ3n) is 4.09. The second-order valence-electron chi connectivity index (χ2n) is 7.52. The standard InChI is InChI=1S/C22H26N6O3/c1-14(2)25-22(30)17-12-23-21-20(17)27-19(13-24-21)31-16-8-5-7-15(11-16)26-18(29)9-6-10-28(3)4/h5-9,11-14H,10H2,1-4H3,(H,23,24)(H,25,30)(H,26,29)/b9-6+. The normalized spacial score (nSPS) is 11.4. The molecule has 0 aliphatic rings. The number of carbonyl (C=O) groups is 2. The van der Waals surface area contributed by atoms with E-state index >= 15 is 0 Å². The van der Waals surface area contributed by atoms with Gasteiger partial charge in [-0.3, -0.25) is 9.59 Å². The molecule has 0 bridgehead atoms. The summed E-state index contributed by atoms with van der Waals surface area (Å²) < 4.78 is 5.81. The van der Waals surface area contributed by atoms with Crippen LogP contribution in [0.2, 0.25) is 0 Å². The number of H-pyrrole nitrogens is 1. The van der Waals surface area contributed by atoms with Gasteiger partial charge in [0.15, 0.2) is 5.65 Å². The summed E-state index contributed by atoms with van der Waals surface area (Å²) in [7, 11) is 3.85. The molecule has 0 saturated heterocycles. The summed E-state index contributed by atoms with van der Waals surface area (Å²) >= 11 is 0. The summed E-state index contributed by atoms with van der Waals surface area (Å²) in [6.45, 7) is 4.45. The van der Waals surface area contributed by atoms with Crippen molar-refractivity contribution >= 4 is 28.7 Å². The van der Waals surface area contributed by atoms with Gasteiger partial charge in [0.05, 0.1) is 11.8 Å². The highest BCUT2D eigenvalue weighted by Gasteiger charge is 2.16. The van der Waals surface area contributed by atoms with Crippen LogP contribution in [-0.4, -0.2) is 58.3 Å². The van der Waals surface area contributed by atoms with E-state index in [2.05, 4.69) is 25.6 Å². The topological polar surface area (TPSA) is 112 Å². The summed E-state index contributed by atoms with van der Waals surface area (Å²) in [5.74, 6) is 0.251. The van der Waals surface area contributed by atoms with Crippen LogP contribution in [0.1, 0.15) is 24.2 Å². The molecule has 2 aromatic heterocycles. The summed E-state index contributed by atoms with van der Waals surface area (Å²) in [5, 5.41) is 5.63. The highest BCUT2D eigenvalue weighted by molar-refractivity contribution is 6.04. The Balaban J connectivity index is 1.74. The molecule has 0 radical (unpaired) electrons. The van der Waals surface area contributed by atoms with Gasteiger partial charge in [-0.25, -0.2) is 9.97 Å². The first-order chi connectivity index (χ1) is 14.8. The van der Waals surface area contributed by atoms with Crippen molar-refractivity contribution in [2.45, 2.75) is 19.9 Å². The van der Waals surface area contributed by atoms with Gasteiger partial charge in [0.25, 0.3) is 5.91 Å². The van der Waals surface area contributed by atoms with E-state index < -0.39 is 0 Å². The number of likely N-dealkylation sites (N-methyl/N-ethyl adjacent to an activating group) is 1. The molecular weight excluding hydrogens is 396 g/mol. The minimum atomic E-state index is -0.236. The third kappa shape index (κ3) is 6.13. The molecule has 31 heavy (non-hydrogen) atoms. The first kappa shape index (κ1) is 22.0. The van der Waals surface area contributed by atoms with Crippen LogP contribution in [0.5, 0.6) is 11.6 Å². The van der Waals surface area contributed by atoms with Gasteiger partial charge in [-0.1, -0.05) is 12.1 Å². The number of hydrogen-bond acceptors (Lipinski definition) is 6. The number of nitrogens with zero attached hydrogens (tertiary/aromatic N) is 3. The number of benzene rings is 1. The van der Waals surface area contributed by atoms with Crippen molar-refractivity contribution in [2.75, 3.05) is 26.0 Å². The minimum Gasteiger partial charge on any atom is -0.437 e. The highest BCUT2D eigenvalue weighted by Crippen LogP contribution is 2.24. The first-order valence-electron chi connectivity index (χ1n) is 9.87. The van der Waals surface area contributed by atoms with Crippen LogP contribution in [0.3, 0.4) is 0 Å². The van der Waals surface area contributed by atoms with Gasteiger partial charge in [0.1, 0.15) is 11.3 Å². The van der Waals surface area contributed by atoms with E-state index in [0.717, 1.165) is 0 Å². The van der Waals surface area contributed by atoms with Crippen LogP contribution >= 0.6 is 0 Å². The Hall–Kier alpha value is -3.72. The summed E-state index contributed by atoms with van der Waals surface area (Å²) in [5.41, 5.74) is 1.90. The number of amides is 2. The molecule has 2 amide bonds. The van der Waals surface area contributed by atoms with Crippen LogP contribution in [-0.2, 0) is 4.79 Å². The Morgan fingerprint density at radius 3 is 2.84 bits per heavy atom. The molecule has 0 spiro atoms. The van der Waals surface area contributed by atoms with E-state index in [4.69, 9.17) is 4.74 Å². The lowest BCUT2D eigenvalue weighted by Gasteiger charge is -2.09. The quantitative estimate of drug-likeness (QED) is 0.481. The fraction of sp³-hybridized carbons (Fsp3) is 0.273. The average Bonchev–Trinajstić information content (AvgIpc) is 3.11. The van der Waals surface area contributed by atoms with E-state index in [1.54, 1.807) is 36.5 Å². The fourth-order valence-corrected chi connectivity index (χ4v) is 2.75. The Morgan fingerprint density at radius 1 is 1.29 bits per heavy atom. The van der Waals surface area contributed by atoms with Gasteiger partial charge in [0, 0.05) is 36.6 Å². The van der Waals surface area contributed by atoms with E-state index in [-0.39, 0.29) is 23.7 Å². The molecule has 0 aliphatic carbocycles. The number of carbonyl (C=O) groups excluding carboxylic acids is 2. The molecule has 162 valence electrons. The number of ether oxygens (including phenoxy) is 1. The Labute approximate surface area is 180 Å². The van der Waals surface area contributed by atoms with Crippen molar-refractivity contribution in [2.24, 2.45) is 0 Å². The van der Waals surface area contributed by atoms with Gasteiger partial charge >= 0.3 is 0 Å². The molecule has 0 saturated carbocycles. The zero-order valence-electron chi connectivity index (χ0n) is 18.0. The molecular formula is C22H26N6O3. The highest BCUT2D eigenvalue weighted by atomic mass is 16.5. The maximum absolute atomic E-state index is 12.4. The zero-order valence-corrected chi connectivity index (χ0v) is 18.0. The van der Waals surface area contributed by atoms with Crippen molar-refractivity contribution in [1.29, 1.82) is 0 Å². The van der Waals surface area contributed by atoms with Crippen molar-refractivity contribution in [3.05, 3.63) is 54.4 Å². The van der Waals surface area contributed by atoms with Crippen molar-refractivity contribution in [1.82, 2.24) is 25.2 Å².